The Morgan fingerprint density at radius 3 is 2.63 bits per heavy atom. The normalized spacial score (nSPS) is 27.5. The molecule has 1 aliphatic carbocycles. The Balaban J connectivity index is 2.12. The van der Waals surface area contributed by atoms with Crippen molar-refractivity contribution in [2.24, 2.45) is 5.92 Å². The average molecular weight is 263 g/mol. The predicted octanol–water partition coefficient (Wildman–Crippen LogP) is 2.95. The van der Waals surface area contributed by atoms with Crippen molar-refractivity contribution in [1.29, 1.82) is 0 Å². The van der Waals surface area contributed by atoms with Crippen LogP contribution in [-0.4, -0.2) is 27.2 Å². The fourth-order valence-corrected chi connectivity index (χ4v) is 2.67. The van der Waals surface area contributed by atoms with Gasteiger partial charge >= 0.3 is 0 Å². The smallest absolute Gasteiger partial charge is 0.130 e. The molecule has 0 unspecified atom stereocenters. The summed E-state index contributed by atoms with van der Waals surface area (Å²) in [4.78, 5) is 8.57. The van der Waals surface area contributed by atoms with Crippen LogP contribution in [-0.2, 0) is 0 Å². The van der Waals surface area contributed by atoms with Gasteiger partial charge in [0.05, 0.1) is 12.1 Å². The van der Waals surface area contributed by atoms with Crippen molar-refractivity contribution in [2.75, 3.05) is 11.9 Å². The Morgan fingerprint density at radius 1 is 1.37 bits per heavy atom. The van der Waals surface area contributed by atoms with Gasteiger partial charge in [0.1, 0.15) is 12.1 Å². The molecule has 0 aromatic carbocycles. The van der Waals surface area contributed by atoms with E-state index in [1.54, 1.807) is 6.33 Å². The zero-order chi connectivity index (χ0) is 13.9. The maximum atomic E-state index is 9.76. The van der Waals surface area contributed by atoms with E-state index in [2.05, 4.69) is 36.1 Å². The SMILES string of the molecule is CC1CCC(CO)(Nc2cc(C(C)C)ncn2)CC1. The molecule has 19 heavy (non-hydrogen) atoms. The largest absolute Gasteiger partial charge is 0.394 e. The van der Waals surface area contributed by atoms with E-state index in [4.69, 9.17) is 0 Å². The van der Waals surface area contributed by atoms with Gasteiger partial charge in [-0.15, -0.1) is 0 Å². The van der Waals surface area contributed by atoms with E-state index in [0.717, 1.165) is 43.1 Å². The lowest BCUT2D eigenvalue weighted by Crippen LogP contribution is -2.45. The number of nitrogens with one attached hydrogen (secondary N) is 1. The van der Waals surface area contributed by atoms with E-state index < -0.39 is 0 Å². The summed E-state index contributed by atoms with van der Waals surface area (Å²) >= 11 is 0. The fourth-order valence-electron chi connectivity index (χ4n) is 2.67. The van der Waals surface area contributed by atoms with Gasteiger partial charge in [0.25, 0.3) is 0 Å². The van der Waals surface area contributed by atoms with Crippen LogP contribution in [0.5, 0.6) is 0 Å². The Bertz CT molecular complexity index is 412. The highest BCUT2D eigenvalue weighted by Crippen LogP contribution is 2.34. The summed E-state index contributed by atoms with van der Waals surface area (Å²) in [5.41, 5.74) is 0.838. The topological polar surface area (TPSA) is 58.0 Å². The molecule has 1 fully saturated rings. The number of aromatic nitrogens is 2. The highest BCUT2D eigenvalue weighted by Gasteiger charge is 2.33. The zero-order valence-electron chi connectivity index (χ0n) is 12.2. The maximum absolute atomic E-state index is 9.76. The van der Waals surface area contributed by atoms with E-state index in [-0.39, 0.29) is 12.1 Å². The molecule has 0 bridgehead atoms. The molecule has 0 amide bonds. The lowest BCUT2D eigenvalue weighted by Gasteiger charge is -2.39. The van der Waals surface area contributed by atoms with Crippen molar-refractivity contribution in [1.82, 2.24) is 9.97 Å². The Hall–Kier alpha value is -1.16. The molecule has 0 atom stereocenters. The lowest BCUT2D eigenvalue weighted by atomic mass is 9.77. The van der Waals surface area contributed by atoms with Gasteiger partial charge in [-0.1, -0.05) is 20.8 Å². The third-order valence-electron chi connectivity index (χ3n) is 4.21. The molecule has 0 saturated heterocycles. The van der Waals surface area contributed by atoms with E-state index in [9.17, 15) is 5.11 Å². The van der Waals surface area contributed by atoms with E-state index >= 15 is 0 Å². The number of nitrogens with zero attached hydrogens (tertiary/aromatic N) is 2. The second kappa shape index (κ2) is 5.87. The van der Waals surface area contributed by atoms with Crippen LogP contribution in [0.3, 0.4) is 0 Å². The summed E-state index contributed by atoms with van der Waals surface area (Å²) in [6.07, 6.45) is 5.94. The monoisotopic (exact) mass is 263 g/mol. The van der Waals surface area contributed by atoms with E-state index in [1.807, 2.05) is 6.07 Å². The van der Waals surface area contributed by atoms with Gasteiger partial charge in [-0.05, 0) is 37.5 Å². The first kappa shape index (κ1) is 14.3. The molecule has 1 aromatic rings. The maximum Gasteiger partial charge on any atom is 0.130 e. The minimum Gasteiger partial charge on any atom is -0.394 e. The number of hydrogen-bond acceptors (Lipinski definition) is 4. The highest BCUT2D eigenvalue weighted by molar-refractivity contribution is 5.39. The first-order valence-electron chi connectivity index (χ1n) is 7.26. The summed E-state index contributed by atoms with van der Waals surface area (Å²) in [5.74, 6) is 1.99. The number of hydrogen-bond donors (Lipinski definition) is 2. The van der Waals surface area contributed by atoms with Gasteiger partial charge in [0.15, 0.2) is 0 Å². The van der Waals surface area contributed by atoms with Crippen LogP contribution in [0.1, 0.15) is 58.1 Å². The molecule has 0 spiro atoms. The van der Waals surface area contributed by atoms with Gasteiger partial charge in [0.2, 0.25) is 0 Å². The predicted molar refractivity (Wildman–Crippen MR) is 77.2 cm³/mol. The van der Waals surface area contributed by atoms with Crippen molar-refractivity contribution in [3.8, 4) is 0 Å². The van der Waals surface area contributed by atoms with Crippen LogP contribution in [0.2, 0.25) is 0 Å². The fraction of sp³-hybridized carbons (Fsp3) is 0.733. The molecular weight excluding hydrogens is 238 g/mol. The third-order valence-corrected chi connectivity index (χ3v) is 4.21. The summed E-state index contributed by atoms with van der Waals surface area (Å²) in [6, 6.07) is 2.00. The Labute approximate surface area is 115 Å². The molecule has 106 valence electrons. The van der Waals surface area contributed by atoms with Crippen molar-refractivity contribution in [3.05, 3.63) is 18.1 Å². The molecule has 2 rings (SSSR count). The molecular formula is C15H25N3O. The van der Waals surface area contributed by atoms with Gasteiger partial charge in [-0.2, -0.15) is 0 Å². The standard InChI is InChI=1S/C15H25N3O/c1-11(2)13-8-14(17-10-16-13)18-15(9-19)6-4-12(3)5-7-15/h8,10-12,19H,4-7,9H2,1-3H3,(H,16,17,18). The van der Waals surface area contributed by atoms with E-state index in [1.165, 1.54) is 0 Å². The summed E-state index contributed by atoms with van der Waals surface area (Å²) in [7, 11) is 0. The molecule has 1 saturated carbocycles. The first-order valence-corrected chi connectivity index (χ1v) is 7.26. The average Bonchev–Trinajstić information content (AvgIpc) is 2.42. The van der Waals surface area contributed by atoms with Gasteiger partial charge in [-0.3, -0.25) is 0 Å². The summed E-state index contributed by atoms with van der Waals surface area (Å²) in [6.45, 7) is 6.69. The molecule has 1 heterocycles. The molecule has 4 nitrogen and oxygen atoms in total. The highest BCUT2D eigenvalue weighted by atomic mass is 16.3. The van der Waals surface area contributed by atoms with Crippen LogP contribution in [0.25, 0.3) is 0 Å². The first-order chi connectivity index (χ1) is 9.04. The second-order valence-electron chi connectivity index (χ2n) is 6.23. The Kier molecular flexibility index (Phi) is 4.40. The summed E-state index contributed by atoms with van der Waals surface area (Å²) < 4.78 is 0. The van der Waals surface area contributed by atoms with Gasteiger partial charge in [-0.25, -0.2) is 9.97 Å². The second-order valence-corrected chi connectivity index (χ2v) is 6.23. The molecule has 0 radical (unpaired) electrons. The third kappa shape index (κ3) is 3.44. The Morgan fingerprint density at radius 2 is 2.05 bits per heavy atom. The van der Waals surface area contributed by atoms with Crippen molar-refractivity contribution in [2.45, 2.75) is 57.9 Å². The minimum absolute atomic E-state index is 0.167. The van der Waals surface area contributed by atoms with Crippen LogP contribution in [0, 0.1) is 5.92 Å². The number of anilines is 1. The van der Waals surface area contributed by atoms with Gasteiger partial charge < -0.3 is 10.4 Å². The molecule has 4 heteroatoms. The minimum atomic E-state index is -0.199. The van der Waals surface area contributed by atoms with Crippen molar-refractivity contribution < 1.29 is 5.11 Å². The van der Waals surface area contributed by atoms with Crippen molar-refractivity contribution in [3.63, 3.8) is 0 Å². The number of aliphatic hydroxyl groups excluding tert-OH is 1. The van der Waals surface area contributed by atoms with Crippen LogP contribution >= 0.6 is 0 Å². The van der Waals surface area contributed by atoms with Gasteiger partial charge in [0, 0.05) is 11.8 Å². The zero-order valence-corrected chi connectivity index (χ0v) is 12.2. The lowest BCUT2D eigenvalue weighted by molar-refractivity contribution is 0.155. The number of rotatable bonds is 4. The molecule has 0 aliphatic heterocycles. The summed E-state index contributed by atoms with van der Waals surface area (Å²) in [5, 5.41) is 13.2. The number of aliphatic hydroxyl groups is 1. The van der Waals surface area contributed by atoms with E-state index in [0.29, 0.717) is 5.92 Å². The van der Waals surface area contributed by atoms with Crippen LogP contribution < -0.4 is 5.32 Å². The van der Waals surface area contributed by atoms with Crippen LogP contribution in [0.4, 0.5) is 5.82 Å². The quantitative estimate of drug-likeness (QED) is 0.877. The van der Waals surface area contributed by atoms with Crippen molar-refractivity contribution >= 4 is 5.82 Å². The molecule has 1 aromatic heterocycles. The molecule has 1 aliphatic rings. The van der Waals surface area contributed by atoms with Crippen LogP contribution in [0.15, 0.2) is 12.4 Å². The molecule has 2 N–H and O–H groups in total.